The fourth-order valence-corrected chi connectivity index (χ4v) is 2.88. The minimum absolute atomic E-state index is 0.637. The summed E-state index contributed by atoms with van der Waals surface area (Å²) >= 11 is 0. The molecule has 0 unspecified atom stereocenters. The van der Waals surface area contributed by atoms with E-state index in [4.69, 9.17) is 9.47 Å². The molecule has 0 aliphatic carbocycles. The van der Waals surface area contributed by atoms with Crippen LogP contribution < -0.4 is 9.47 Å². The van der Waals surface area contributed by atoms with E-state index in [9.17, 15) is 10.2 Å². The normalized spacial score (nSPS) is 22.2. The van der Waals surface area contributed by atoms with Crippen molar-refractivity contribution in [2.75, 3.05) is 13.2 Å². The van der Waals surface area contributed by atoms with Crippen molar-refractivity contribution in [1.82, 2.24) is 0 Å². The summed E-state index contributed by atoms with van der Waals surface area (Å²) in [5.41, 5.74) is 1.27. The van der Waals surface area contributed by atoms with Gasteiger partial charge in [0.05, 0.1) is 13.2 Å². The molecule has 0 saturated heterocycles. The van der Waals surface area contributed by atoms with E-state index in [1.54, 1.807) is 24.3 Å². The largest absolute Gasteiger partial charge is 0.494 e. The summed E-state index contributed by atoms with van der Waals surface area (Å²) in [6.07, 6.45) is 2.15. The molecular formula is C20H24O4. The number of hydrogen-bond acceptors (Lipinski definition) is 4. The van der Waals surface area contributed by atoms with Crippen molar-refractivity contribution in [1.29, 1.82) is 0 Å². The van der Waals surface area contributed by atoms with Crippen LogP contribution in [0, 0.1) is 0 Å². The molecule has 0 radical (unpaired) electrons. The van der Waals surface area contributed by atoms with Gasteiger partial charge in [-0.3, -0.25) is 0 Å². The lowest BCUT2D eigenvalue weighted by atomic mass is 9.98. The van der Waals surface area contributed by atoms with Gasteiger partial charge in [0.2, 0.25) is 0 Å². The Morgan fingerprint density at radius 3 is 1.58 bits per heavy atom. The van der Waals surface area contributed by atoms with Crippen LogP contribution >= 0.6 is 0 Å². The van der Waals surface area contributed by atoms with E-state index in [1.165, 1.54) is 0 Å². The lowest BCUT2D eigenvalue weighted by Crippen LogP contribution is -2.11. The molecule has 3 rings (SSSR count). The molecule has 2 atom stereocenters. The number of fused-ring (bicyclic) bond motifs is 4. The topological polar surface area (TPSA) is 58.9 Å². The van der Waals surface area contributed by atoms with E-state index in [0.29, 0.717) is 24.3 Å². The minimum Gasteiger partial charge on any atom is -0.494 e. The van der Waals surface area contributed by atoms with Crippen molar-refractivity contribution >= 4 is 0 Å². The second-order valence-corrected chi connectivity index (χ2v) is 6.15. The molecule has 2 aromatic carbocycles. The third-order valence-electron chi connectivity index (χ3n) is 4.27. The van der Waals surface area contributed by atoms with Gasteiger partial charge in [-0.1, -0.05) is 24.3 Å². The van der Waals surface area contributed by atoms with Crippen LogP contribution in [0.5, 0.6) is 11.5 Å². The molecule has 1 aliphatic heterocycles. The number of benzene rings is 2. The fraction of sp³-hybridized carbons (Fsp3) is 0.400. The number of rotatable bonds is 0. The second-order valence-electron chi connectivity index (χ2n) is 6.15. The Morgan fingerprint density at radius 2 is 1.12 bits per heavy atom. The minimum atomic E-state index is -1.02. The molecule has 0 spiro atoms. The first-order valence-corrected chi connectivity index (χ1v) is 8.56. The van der Waals surface area contributed by atoms with Crippen LogP contribution in [-0.4, -0.2) is 23.4 Å². The Hall–Kier alpha value is -2.04. The van der Waals surface area contributed by atoms with Crippen LogP contribution in [0.1, 0.15) is 49.0 Å². The highest BCUT2D eigenvalue weighted by molar-refractivity contribution is 5.34. The zero-order valence-electron chi connectivity index (χ0n) is 13.7. The van der Waals surface area contributed by atoms with Gasteiger partial charge in [-0.15, -0.1) is 0 Å². The van der Waals surface area contributed by atoms with Gasteiger partial charge >= 0.3 is 0 Å². The van der Waals surface area contributed by atoms with Gasteiger partial charge < -0.3 is 19.7 Å². The lowest BCUT2D eigenvalue weighted by Gasteiger charge is -2.20. The maximum atomic E-state index is 10.5. The molecule has 0 saturated carbocycles. The summed E-state index contributed by atoms with van der Waals surface area (Å²) in [4.78, 5) is 0. The third-order valence-corrected chi connectivity index (χ3v) is 4.27. The number of hydrogen-bond donors (Lipinski definition) is 2. The average molecular weight is 328 g/mol. The maximum Gasteiger partial charge on any atom is 0.119 e. The highest BCUT2D eigenvalue weighted by Gasteiger charge is 2.21. The second kappa shape index (κ2) is 8.18. The van der Waals surface area contributed by atoms with Gasteiger partial charge in [0.1, 0.15) is 23.7 Å². The van der Waals surface area contributed by atoms with E-state index in [0.717, 1.165) is 37.2 Å². The fourth-order valence-electron chi connectivity index (χ4n) is 2.88. The number of aliphatic hydroxyl groups excluding tert-OH is 2. The highest BCUT2D eigenvalue weighted by Crippen LogP contribution is 2.32. The molecule has 2 N–H and O–H groups in total. The van der Waals surface area contributed by atoms with Crippen LogP contribution in [-0.2, 0) is 0 Å². The number of ether oxygens (including phenoxy) is 2. The number of aliphatic hydroxyl groups is 2. The van der Waals surface area contributed by atoms with E-state index in [1.807, 2.05) is 24.3 Å². The van der Waals surface area contributed by atoms with Crippen LogP contribution in [0.3, 0.4) is 0 Å². The van der Waals surface area contributed by atoms with Gasteiger partial charge in [-0.25, -0.2) is 0 Å². The van der Waals surface area contributed by atoms with Crippen molar-refractivity contribution in [2.24, 2.45) is 0 Å². The van der Waals surface area contributed by atoms with Gasteiger partial charge in [-0.05, 0) is 61.1 Å². The summed E-state index contributed by atoms with van der Waals surface area (Å²) in [7, 11) is 0. The Morgan fingerprint density at radius 1 is 0.667 bits per heavy atom. The Balaban J connectivity index is 1.86. The predicted molar refractivity (Wildman–Crippen MR) is 92.3 cm³/mol. The molecular weight excluding hydrogens is 304 g/mol. The van der Waals surface area contributed by atoms with Crippen LogP contribution in [0.4, 0.5) is 0 Å². The zero-order chi connectivity index (χ0) is 16.8. The zero-order valence-corrected chi connectivity index (χ0v) is 13.7. The van der Waals surface area contributed by atoms with Gasteiger partial charge in [-0.2, -0.15) is 0 Å². The SMILES string of the molecule is O[C@@H]1c2cccc(c2)OCCCCCCOc2cccc(c2)[C@H]1O. The van der Waals surface area contributed by atoms with Crippen molar-refractivity contribution in [3.8, 4) is 11.5 Å². The van der Waals surface area contributed by atoms with Gasteiger partial charge in [0.15, 0.2) is 0 Å². The van der Waals surface area contributed by atoms with E-state index in [2.05, 4.69) is 0 Å². The van der Waals surface area contributed by atoms with Gasteiger partial charge in [0, 0.05) is 0 Å². The van der Waals surface area contributed by atoms with Crippen molar-refractivity contribution in [3.05, 3.63) is 59.7 Å². The first-order chi connectivity index (χ1) is 11.7. The first kappa shape index (κ1) is 16.8. The average Bonchev–Trinajstić information content (AvgIpc) is 2.62. The molecule has 4 heteroatoms. The Kier molecular flexibility index (Phi) is 5.72. The molecule has 1 heterocycles. The maximum absolute atomic E-state index is 10.5. The molecule has 24 heavy (non-hydrogen) atoms. The predicted octanol–water partition coefficient (Wildman–Crippen LogP) is 3.79. The van der Waals surface area contributed by atoms with E-state index < -0.39 is 12.2 Å². The molecule has 0 amide bonds. The highest BCUT2D eigenvalue weighted by atomic mass is 16.5. The first-order valence-electron chi connectivity index (χ1n) is 8.56. The molecule has 0 fully saturated rings. The third kappa shape index (κ3) is 4.28. The Bertz CT molecular complexity index is 598. The quantitative estimate of drug-likeness (QED) is 0.772. The summed E-state index contributed by atoms with van der Waals surface area (Å²) in [6.45, 7) is 1.31. The smallest absolute Gasteiger partial charge is 0.119 e. The lowest BCUT2D eigenvalue weighted by molar-refractivity contribution is 0.0170. The Labute approximate surface area is 142 Å². The van der Waals surface area contributed by atoms with E-state index >= 15 is 0 Å². The van der Waals surface area contributed by atoms with Crippen LogP contribution in [0.25, 0.3) is 0 Å². The van der Waals surface area contributed by atoms with E-state index in [-0.39, 0.29) is 0 Å². The van der Waals surface area contributed by atoms with Gasteiger partial charge in [0.25, 0.3) is 0 Å². The van der Waals surface area contributed by atoms with Crippen molar-refractivity contribution in [3.63, 3.8) is 0 Å². The summed E-state index contributed by atoms with van der Waals surface area (Å²) in [6, 6.07) is 14.6. The molecule has 1 aliphatic rings. The van der Waals surface area contributed by atoms with Crippen molar-refractivity contribution < 1.29 is 19.7 Å². The monoisotopic (exact) mass is 328 g/mol. The van der Waals surface area contributed by atoms with Crippen LogP contribution in [0.2, 0.25) is 0 Å². The summed E-state index contributed by atoms with van der Waals surface area (Å²) in [5, 5.41) is 21.0. The molecule has 2 aromatic rings. The summed E-state index contributed by atoms with van der Waals surface area (Å²) < 4.78 is 11.5. The van der Waals surface area contributed by atoms with Crippen molar-refractivity contribution in [2.45, 2.75) is 37.9 Å². The molecule has 128 valence electrons. The standard InChI is InChI=1S/C20H24O4/c21-19-15-7-5-9-17(13-15)23-11-3-1-2-4-12-24-18-10-6-8-16(14-18)20(19)22/h5-10,13-14,19-22H,1-4,11-12H2/t19-,20-/m1/s1. The summed E-state index contributed by atoms with van der Waals surface area (Å²) in [5.74, 6) is 1.45. The molecule has 4 bridgehead atoms. The molecule has 4 nitrogen and oxygen atoms in total. The van der Waals surface area contributed by atoms with Crippen LogP contribution in [0.15, 0.2) is 48.5 Å². The molecule has 0 aromatic heterocycles.